The van der Waals surface area contributed by atoms with Gasteiger partial charge in [-0.15, -0.1) is 0 Å². The van der Waals surface area contributed by atoms with Crippen LogP contribution in [0.3, 0.4) is 0 Å². The maximum atomic E-state index is 12.1. The summed E-state index contributed by atoms with van der Waals surface area (Å²) in [6.07, 6.45) is 0.751. The van der Waals surface area contributed by atoms with Gasteiger partial charge in [0, 0.05) is 12.6 Å². The fourth-order valence-electron chi connectivity index (χ4n) is 1.73. The van der Waals surface area contributed by atoms with Gasteiger partial charge in [0.15, 0.2) is 0 Å². The Morgan fingerprint density at radius 3 is 2.65 bits per heavy atom. The van der Waals surface area contributed by atoms with Crippen molar-refractivity contribution in [2.45, 2.75) is 25.9 Å². The highest BCUT2D eigenvalue weighted by Gasteiger charge is 2.16. The Morgan fingerprint density at radius 1 is 1.40 bits per heavy atom. The molecule has 0 radical (unpaired) electrons. The highest BCUT2D eigenvalue weighted by atomic mass is 16.5. The number of nitrogens with one attached hydrogen (secondary N) is 1. The van der Waals surface area contributed by atoms with E-state index in [1.54, 1.807) is 12.1 Å². The van der Waals surface area contributed by atoms with Crippen molar-refractivity contribution >= 4 is 11.6 Å². The van der Waals surface area contributed by atoms with Crippen molar-refractivity contribution in [3.05, 3.63) is 17.7 Å². The number of carbonyl (C=O) groups is 1. The number of benzene rings is 1. The van der Waals surface area contributed by atoms with Gasteiger partial charge in [-0.2, -0.15) is 0 Å². The quantitative estimate of drug-likeness (QED) is 0.653. The molecule has 1 unspecified atom stereocenters. The third kappa shape index (κ3) is 4.03. The Labute approximate surface area is 118 Å². The molecule has 0 aromatic heterocycles. The number of anilines is 1. The lowest BCUT2D eigenvalue weighted by molar-refractivity contribution is 0.0942. The lowest BCUT2D eigenvalue weighted by Crippen LogP contribution is -2.27. The van der Waals surface area contributed by atoms with Crippen LogP contribution in [0, 0.1) is 0 Å². The van der Waals surface area contributed by atoms with E-state index in [1.165, 1.54) is 14.2 Å². The van der Waals surface area contributed by atoms with Gasteiger partial charge in [-0.3, -0.25) is 4.79 Å². The normalized spacial score (nSPS) is 11.8. The number of carbonyl (C=O) groups excluding carboxylic acids is 1. The first-order chi connectivity index (χ1) is 9.53. The van der Waals surface area contributed by atoms with Gasteiger partial charge in [0.25, 0.3) is 5.91 Å². The number of hydrogen-bond donors (Lipinski definition) is 3. The van der Waals surface area contributed by atoms with Crippen molar-refractivity contribution in [3.63, 3.8) is 0 Å². The van der Waals surface area contributed by atoms with Gasteiger partial charge in [0.1, 0.15) is 11.5 Å². The second-order valence-corrected chi connectivity index (χ2v) is 4.40. The van der Waals surface area contributed by atoms with E-state index >= 15 is 0 Å². The molecule has 0 aliphatic heterocycles. The fraction of sp³-hybridized carbons (Fsp3) is 0.500. The molecule has 0 aliphatic rings. The van der Waals surface area contributed by atoms with Gasteiger partial charge < -0.3 is 25.6 Å². The first-order valence-corrected chi connectivity index (χ1v) is 6.51. The SMILES string of the molecule is CCC(O)CCNC(=O)c1cc(OC)cc(OC)c1N. The van der Waals surface area contributed by atoms with Crippen molar-refractivity contribution in [3.8, 4) is 11.5 Å². The first-order valence-electron chi connectivity index (χ1n) is 6.51. The Morgan fingerprint density at radius 2 is 2.10 bits per heavy atom. The minimum atomic E-state index is -0.410. The molecule has 1 amide bonds. The Balaban J connectivity index is 2.81. The zero-order valence-corrected chi connectivity index (χ0v) is 12.1. The summed E-state index contributed by atoms with van der Waals surface area (Å²) in [7, 11) is 2.98. The number of nitrogen functional groups attached to an aromatic ring is 1. The van der Waals surface area contributed by atoms with E-state index in [0.717, 1.165) is 0 Å². The zero-order valence-electron chi connectivity index (χ0n) is 12.1. The van der Waals surface area contributed by atoms with E-state index < -0.39 is 6.10 Å². The second kappa shape index (κ2) is 7.59. The number of nitrogens with two attached hydrogens (primary N) is 1. The van der Waals surface area contributed by atoms with Gasteiger partial charge in [-0.05, 0) is 18.9 Å². The van der Waals surface area contributed by atoms with Gasteiger partial charge >= 0.3 is 0 Å². The maximum absolute atomic E-state index is 12.1. The predicted molar refractivity (Wildman–Crippen MR) is 77.2 cm³/mol. The van der Waals surface area contributed by atoms with Crippen LogP contribution in [0.2, 0.25) is 0 Å². The molecule has 6 nitrogen and oxygen atoms in total. The average molecular weight is 282 g/mol. The molecule has 1 aromatic carbocycles. The van der Waals surface area contributed by atoms with Crippen molar-refractivity contribution < 1.29 is 19.4 Å². The maximum Gasteiger partial charge on any atom is 0.253 e. The molecular weight excluding hydrogens is 260 g/mol. The van der Waals surface area contributed by atoms with Crippen molar-refractivity contribution in [1.82, 2.24) is 5.32 Å². The Bertz CT molecular complexity index is 463. The summed E-state index contributed by atoms with van der Waals surface area (Å²) in [6, 6.07) is 3.18. The van der Waals surface area contributed by atoms with Crippen LogP contribution in [0.1, 0.15) is 30.1 Å². The number of aliphatic hydroxyl groups excluding tert-OH is 1. The first kappa shape index (κ1) is 16.1. The standard InChI is InChI=1S/C14H22N2O4/c1-4-9(17)5-6-16-14(18)11-7-10(19-2)8-12(20-3)13(11)15/h7-9,17H,4-6,15H2,1-3H3,(H,16,18). The number of hydrogen-bond acceptors (Lipinski definition) is 5. The minimum Gasteiger partial charge on any atom is -0.497 e. The lowest BCUT2D eigenvalue weighted by atomic mass is 10.1. The van der Waals surface area contributed by atoms with Crippen LogP contribution in [-0.2, 0) is 0 Å². The van der Waals surface area contributed by atoms with Crippen LogP contribution in [0.5, 0.6) is 11.5 Å². The van der Waals surface area contributed by atoms with Gasteiger partial charge in [0.05, 0.1) is 31.6 Å². The molecule has 20 heavy (non-hydrogen) atoms. The fourth-order valence-corrected chi connectivity index (χ4v) is 1.73. The summed E-state index contributed by atoms with van der Waals surface area (Å²) < 4.78 is 10.2. The Kier molecular flexibility index (Phi) is 6.11. The van der Waals surface area contributed by atoms with Crippen molar-refractivity contribution in [1.29, 1.82) is 0 Å². The molecule has 0 heterocycles. The van der Waals surface area contributed by atoms with Crippen LogP contribution in [0.4, 0.5) is 5.69 Å². The van der Waals surface area contributed by atoms with Crippen LogP contribution < -0.4 is 20.5 Å². The monoisotopic (exact) mass is 282 g/mol. The number of rotatable bonds is 7. The van der Waals surface area contributed by atoms with Gasteiger partial charge in [0.2, 0.25) is 0 Å². The molecule has 0 spiro atoms. The van der Waals surface area contributed by atoms with E-state index in [1.807, 2.05) is 6.92 Å². The highest BCUT2D eigenvalue weighted by molar-refractivity contribution is 6.00. The predicted octanol–water partition coefficient (Wildman–Crippen LogP) is 1.18. The molecule has 1 atom stereocenters. The summed E-state index contributed by atoms with van der Waals surface area (Å²) in [6.45, 7) is 2.27. The van der Waals surface area contributed by atoms with E-state index in [-0.39, 0.29) is 11.6 Å². The summed E-state index contributed by atoms with van der Waals surface area (Å²) in [5, 5.41) is 12.2. The van der Waals surface area contributed by atoms with Crippen molar-refractivity contribution in [2.24, 2.45) is 0 Å². The summed E-state index contributed by atoms with van der Waals surface area (Å²) >= 11 is 0. The van der Waals surface area contributed by atoms with E-state index in [4.69, 9.17) is 15.2 Å². The van der Waals surface area contributed by atoms with Gasteiger partial charge in [-0.25, -0.2) is 0 Å². The topological polar surface area (TPSA) is 93.8 Å². The largest absolute Gasteiger partial charge is 0.497 e. The van der Waals surface area contributed by atoms with E-state index in [0.29, 0.717) is 36.4 Å². The summed E-state index contributed by atoms with van der Waals surface area (Å²) in [5.41, 5.74) is 6.45. The molecular formula is C14H22N2O4. The third-order valence-electron chi connectivity index (χ3n) is 3.05. The van der Waals surface area contributed by atoms with Gasteiger partial charge in [-0.1, -0.05) is 6.92 Å². The molecule has 6 heteroatoms. The van der Waals surface area contributed by atoms with Crippen LogP contribution in [-0.4, -0.2) is 37.9 Å². The van der Waals surface area contributed by atoms with Crippen LogP contribution >= 0.6 is 0 Å². The van der Waals surface area contributed by atoms with Crippen LogP contribution in [0.25, 0.3) is 0 Å². The number of amides is 1. The Hall–Kier alpha value is -1.95. The molecule has 0 saturated heterocycles. The molecule has 0 bridgehead atoms. The minimum absolute atomic E-state index is 0.266. The second-order valence-electron chi connectivity index (χ2n) is 4.40. The zero-order chi connectivity index (χ0) is 15.1. The molecule has 0 fully saturated rings. The number of methoxy groups -OCH3 is 2. The number of ether oxygens (including phenoxy) is 2. The summed E-state index contributed by atoms with van der Waals surface area (Å²) in [4.78, 5) is 12.1. The van der Waals surface area contributed by atoms with Crippen LogP contribution in [0.15, 0.2) is 12.1 Å². The van der Waals surface area contributed by atoms with E-state index in [2.05, 4.69) is 5.32 Å². The number of aliphatic hydroxyl groups is 1. The molecule has 0 aliphatic carbocycles. The average Bonchev–Trinajstić information content (AvgIpc) is 2.47. The molecule has 0 saturated carbocycles. The molecule has 1 rings (SSSR count). The van der Waals surface area contributed by atoms with E-state index in [9.17, 15) is 9.90 Å². The third-order valence-corrected chi connectivity index (χ3v) is 3.05. The molecule has 112 valence electrons. The van der Waals surface area contributed by atoms with Crippen molar-refractivity contribution in [2.75, 3.05) is 26.5 Å². The molecule has 4 N–H and O–H groups in total. The highest BCUT2D eigenvalue weighted by Crippen LogP contribution is 2.30. The molecule has 1 aromatic rings. The smallest absolute Gasteiger partial charge is 0.253 e. The summed E-state index contributed by atoms with van der Waals surface area (Å²) in [5.74, 6) is 0.570. The lowest BCUT2D eigenvalue weighted by Gasteiger charge is -2.13.